The van der Waals surface area contributed by atoms with Crippen LogP contribution in [0.15, 0.2) is 41.1 Å². The Balaban J connectivity index is 1.96. The summed E-state index contributed by atoms with van der Waals surface area (Å²) < 4.78 is 26.3. The van der Waals surface area contributed by atoms with Crippen LogP contribution in [0.5, 0.6) is 0 Å². The monoisotopic (exact) mass is 312 g/mol. The fourth-order valence-electron chi connectivity index (χ4n) is 1.71. The molecule has 1 unspecified atom stereocenters. The van der Waals surface area contributed by atoms with E-state index in [1.165, 1.54) is 11.3 Å². The smallest absolute Gasteiger partial charge is 0.215 e. The maximum Gasteiger partial charge on any atom is 0.215 e. The van der Waals surface area contributed by atoms with Gasteiger partial charge in [0, 0.05) is 12.2 Å². The third kappa shape index (κ3) is 4.04. The second-order valence-corrected chi connectivity index (χ2v) is 6.97. The molecule has 0 radical (unpaired) electrons. The highest BCUT2D eigenvalue weighted by Crippen LogP contribution is 2.17. The van der Waals surface area contributed by atoms with E-state index in [2.05, 4.69) is 4.72 Å². The van der Waals surface area contributed by atoms with Gasteiger partial charge in [0.15, 0.2) is 0 Å². The first kappa shape index (κ1) is 15.0. The lowest BCUT2D eigenvalue weighted by atomic mass is 10.2. The van der Waals surface area contributed by atoms with Crippen molar-refractivity contribution in [1.29, 1.82) is 0 Å². The van der Waals surface area contributed by atoms with Gasteiger partial charge in [0.1, 0.15) is 0 Å². The van der Waals surface area contributed by atoms with E-state index < -0.39 is 16.1 Å². The number of sulfonamides is 1. The molecule has 2 rings (SSSR count). The van der Waals surface area contributed by atoms with Gasteiger partial charge in [-0.25, -0.2) is 13.1 Å². The molecule has 0 saturated carbocycles. The van der Waals surface area contributed by atoms with Gasteiger partial charge in [-0.15, -0.1) is 0 Å². The number of anilines is 1. The Morgan fingerprint density at radius 1 is 1.30 bits per heavy atom. The molecule has 5 nitrogen and oxygen atoms in total. The lowest BCUT2D eigenvalue weighted by molar-refractivity contribution is 0.182. The van der Waals surface area contributed by atoms with Crippen molar-refractivity contribution in [3.05, 3.63) is 52.2 Å². The molecule has 2 aromatic rings. The minimum absolute atomic E-state index is 0.0498. The highest BCUT2D eigenvalue weighted by Gasteiger charge is 2.16. The molecule has 1 atom stereocenters. The molecule has 108 valence electrons. The zero-order valence-electron chi connectivity index (χ0n) is 10.7. The van der Waals surface area contributed by atoms with Crippen LogP contribution in [-0.4, -0.2) is 20.1 Å². The van der Waals surface area contributed by atoms with Crippen LogP contribution < -0.4 is 10.5 Å². The summed E-state index contributed by atoms with van der Waals surface area (Å²) in [5, 5.41) is 13.5. The van der Waals surface area contributed by atoms with Crippen molar-refractivity contribution in [2.75, 3.05) is 12.3 Å². The van der Waals surface area contributed by atoms with Gasteiger partial charge in [-0.3, -0.25) is 0 Å². The van der Waals surface area contributed by atoms with Crippen LogP contribution >= 0.6 is 11.3 Å². The first-order chi connectivity index (χ1) is 9.48. The Kier molecular flexibility index (Phi) is 4.77. The third-order valence-corrected chi connectivity index (χ3v) is 4.82. The largest absolute Gasteiger partial charge is 0.398 e. The molecule has 4 N–H and O–H groups in total. The normalized spacial score (nSPS) is 13.2. The third-order valence-electron chi connectivity index (χ3n) is 2.83. The average molecular weight is 312 g/mol. The van der Waals surface area contributed by atoms with E-state index in [4.69, 9.17) is 5.73 Å². The average Bonchev–Trinajstić information content (AvgIpc) is 2.93. The summed E-state index contributed by atoms with van der Waals surface area (Å²) >= 11 is 1.45. The van der Waals surface area contributed by atoms with E-state index in [9.17, 15) is 13.5 Å². The summed E-state index contributed by atoms with van der Waals surface area (Å²) in [5.74, 6) is -0.198. The number of aliphatic hydroxyl groups excluding tert-OH is 1. The fourth-order valence-corrected chi connectivity index (χ4v) is 3.60. The SMILES string of the molecule is Nc1ccccc1CS(=O)(=O)NCC(O)c1ccsc1. The Morgan fingerprint density at radius 3 is 2.70 bits per heavy atom. The molecule has 1 aromatic carbocycles. The molecule has 0 spiro atoms. The number of aliphatic hydroxyl groups is 1. The minimum Gasteiger partial charge on any atom is -0.398 e. The molecular weight excluding hydrogens is 296 g/mol. The van der Waals surface area contributed by atoms with E-state index >= 15 is 0 Å². The Bertz CT molecular complexity index is 654. The maximum absolute atomic E-state index is 12.0. The van der Waals surface area contributed by atoms with E-state index in [1.807, 2.05) is 5.38 Å². The van der Waals surface area contributed by atoms with Crippen molar-refractivity contribution in [2.24, 2.45) is 0 Å². The van der Waals surface area contributed by atoms with Gasteiger partial charge in [-0.2, -0.15) is 11.3 Å². The van der Waals surface area contributed by atoms with Crippen LogP contribution in [0.25, 0.3) is 0 Å². The molecular formula is C13H16N2O3S2. The molecule has 1 aromatic heterocycles. The van der Waals surface area contributed by atoms with Crippen molar-refractivity contribution >= 4 is 27.0 Å². The molecule has 0 amide bonds. The molecule has 0 aliphatic carbocycles. The van der Waals surface area contributed by atoms with Gasteiger partial charge in [0.05, 0.1) is 11.9 Å². The highest BCUT2D eigenvalue weighted by atomic mass is 32.2. The van der Waals surface area contributed by atoms with Gasteiger partial charge < -0.3 is 10.8 Å². The lowest BCUT2D eigenvalue weighted by Gasteiger charge is -2.12. The van der Waals surface area contributed by atoms with Gasteiger partial charge in [-0.05, 0) is 34.0 Å². The summed E-state index contributed by atoms with van der Waals surface area (Å²) in [5.41, 5.74) is 7.41. The summed E-state index contributed by atoms with van der Waals surface area (Å²) in [7, 11) is -3.53. The van der Waals surface area contributed by atoms with Crippen LogP contribution in [-0.2, 0) is 15.8 Å². The van der Waals surface area contributed by atoms with E-state index in [-0.39, 0.29) is 12.3 Å². The number of para-hydroxylation sites is 1. The molecule has 0 saturated heterocycles. The van der Waals surface area contributed by atoms with Gasteiger partial charge >= 0.3 is 0 Å². The second-order valence-electron chi connectivity index (χ2n) is 4.38. The van der Waals surface area contributed by atoms with Crippen LogP contribution in [0.2, 0.25) is 0 Å². The zero-order chi connectivity index (χ0) is 14.6. The van der Waals surface area contributed by atoms with Crippen LogP contribution in [0, 0.1) is 0 Å². The first-order valence-electron chi connectivity index (χ1n) is 5.99. The Hall–Kier alpha value is -1.41. The molecule has 20 heavy (non-hydrogen) atoms. The number of nitrogen functional groups attached to an aromatic ring is 1. The summed E-state index contributed by atoms with van der Waals surface area (Å²) in [6, 6.07) is 8.58. The Labute approximate surface area is 122 Å². The fraction of sp³-hybridized carbons (Fsp3) is 0.231. The molecule has 0 fully saturated rings. The van der Waals surface area contributed by atoms with E-state index in [1.54, 1.807) is 35.7 Å². The van der Waals surface area contributed by atoms with Crippen molar-refractivity contribution in [3.8, 4) is 0 Å². The number of hydrogen-bond donors (Lipinski definition) is 3. The van der Waals surface area contributed by atoms with Crippen molar-refractivity contribution in [1.82, 2.24) is 4.72 Å². The zero-order valence-corrected chi connectivity index (χ0v) is 12.3. The van der Waals surface area contributed by atoms with Crippen molar-refractivity contribution in [3.63, 3.8) is 0 Å². The summed E-state index contributed by atoms with van der Waals surface area (Å²) in [6.45, 7) is -0.0498. The molecule has 0 aliphatic heterocycles. The van der Waals surface area contributed by atoms with E-state index in [0.717, 1.165) is 0 Å². The predicted octanol–water partition coefficient (Wildman–Crippen LogP) is 1.48. The number of hydrogen-bond acceptors (Lipinski definition) is 5. The van der Waals surface area contributed by atoms with Crippen molar-refractivity contribution < 1.29 is 13.5 Å². The number of thiophene rings is 1. The van der Waals surface area contributed by atoms with Crippen LogP contribution in [0.1, 0.15) is 17.2 Å². The quantitative estimate of drug-likeness (QED) is 0.705. The molecule has 0 aliphatic rings. The van der Waals surface area contributed by atoms with Gasteiger partial charge in [0.2, 0.25) is 10.0 Å². The van der Waals surface area contributed by atoms with Crippen LogP contribution in [0.3, 0.4) is 0 Å². The number of nitrogens with one attached hydrogen (secondary N) is 1. The highest BCUT2D eigenvalue weighted by molar-refractivity contribution is 7.88. The first-order valence-corrected chi connectivity index (χ1v) is 8.58. The second kappa shape index (κ2) is 6.36. The number of benzene rings is 1. The minimum atomic E-state index is -3.53. The standard InChI is InChI=1S/C13H16N2O3S2/c14-12-4-2-1-3-11(12)9-20(17,18)15-7-13(16)10-5-6-19-8-10/h1-6,8,13,15-16H,7,9,14H2. The molecule has 0 bridgehead atoms. The maximum atomic E-state index is 12.0. The van der Waals surface area contributed by atoms with E-state index in [0.29, 0.717) is 16.8 Å². The van der Waals surface area contributed by atoms with Gasteiger partial charge in [-0.1, -0.05) is 18.2 Å². The Morgan fingerprint density at radius 2 is 2.05 bits per heavy atom. The topological polar surface area (TPSA) is 92.4 Å². The summed E-state index contributed by atoms with van der Waals surface area (Å²) in [4.78, 5) is 0. The molecule has 7 heteroatoms. The lowest BCUT2D eigenvalue weighted by Crippen LogP contribution is -2.29. The number of nitrogens with two attached hydrogens (primary N) is 1. The van der Waals surface area contributed by atoms with Crippen molar-refractivity contribution in [2.45, 2.75) is 11.9 Å². The van der Waals surface area contributed by atoms with Gasteiger partial charge in [0.25, 0.3) is 0 Å². The van der Waals surface area contributed by atoms with Crippen LogP contribution in [0.4, 0.5) is 5.69 Å². The molecule has 1 heterocycles. The predicted molar refractivity (Wildman–Crippen MR) is 80.8 cm³/mol. The number of rotatable bonds is 6. The summed E-state index contributed by atoms with van der Waals surface area (Å²) in [6.07, 6.45) is -0.843.